The summed E-state index contributed by atoms with van der Waals surface area (Å²) in [5, 5.41) is 30.9. The zero-order valence-electron chi connectivity index (χ0n) is 20.7. The number of carboxylic acid groups (broad SMARTS) is 3. The van der Waals surface area contributed by atoms with Crippen molar-refractivity contribution in [3.05, 3.63) is 12.2 Å². The Bertz CT molecular complexity index is 677. The number of aliphatic carboxylic acids is 2. The van der Waals surface area contributed by atoms with Crippen molar-refractivity contribution in [2.24, 2.45) is 0 Å². The third-order valence-corrected chi connectivity index (χ3v) is 4.84. The van der Waals surface area contributed by atoms with E-state index < -0.39 is 23.6 Å². The first kappa shape index (κ1) is 31.1. The Morgan fingerprint density at radius 2 is 1.56 bits per heavy atom. The smallest absolute Gasteiger partial charge is 0.410 e. The molecular weight excluding hydrogens is 448 g/mol. The summed E-state index contributed by atoms with van der Waals surface area (Å²) < 4.78 is 5.33. The number of rotatable bonds is 4. The molecule has 34 heavy (non-hydrogen) atoms. The van der Waals surface area contributed by atoms with Crippen LogP contribution >= 0.6 is 0 Å². The molecule has 5 N–H and O–H groups in total. The van der Waals surface area contributed by atoms with Crippen LogP contribution in [0.25, 0.3) is 0 Å². The van der Waals surface area contributed by atoms with Gasteiger partial charge >= 0.3 is 24.1 Å². The van der Waals surface area contributed by atoms with E-state index in [-0.39, 0.29) is 12.1 Å². The van der Waals surface area contributed by atoms with Gasteiger partial charge in [-0.1, -0.05) is 13.8 Å². The van der Waals surface area contributed by atoms with Gasteiger partial charge in [0.2, 0.25) is 0 Å². The maximum Gasteiger partial charge on any atom is 0.410 e. The Labute approximate surface area is 200 Å². The summed E-state index contributed by atoms with van der Waals surface area (Å²) in [5.41, 5.74) is -0.399. The fourth-order valence-electron chi connectivity index (χ4n) is 3.11. The van der Waals surface area contributed by atoms with Gasteiger partial charge in [-0.3, -0.25) is 0 Å². The fourth-order valence-corrected chi connectivity index (χ4v) is 3.11. The maximum absolute atomic E-state index is 11.8. The Balaban J connectivity index is 0.000000507. The van der Waals surface area contributed by atoms with Gasteiger partial charge in [-0.15, -0.1) is 0 Å². The van der Waals surface area contributed by atoms with E-state index in [0.717, 1.165) is 45.6 Å². The van der Waals surface area contributed by atoms with E-state index in [1.807, 2.05) is 27.7 Å². The zero-order chi connectivity index (χ0) is 26.3. The van der Waals surface area contributed by atoms with Crippen molar-refractivity contribution in [2.45, 2.75) is 65.1 Å². The highest BCUT2D eigenvalue weighted by atomic mass is 16.6. The highest BCUT2D eigenvalue weighted by Gasteiger charge is 2.26. The molecule has 2 fully saturated rings. The van der Waals surface area contributed by atoms with Gasteiger partial charge in [0.25, 0.3) is 0 Å². The van der Waals surface area contributed by atoms with Crippen LogP contribution < -0.4 is 10.6 Å². The van der Waals surface area contributed by atoms with E-state index in [1.54, 1.807) is 4.90 Å². The summed E-state index contributed by atoms with van der Waals surface area (Å²) in [6.07, 6.45) is 2.06. The van der Waals surface area contributed by atoms with Crippen molar-refractivity contribution >= 4 is 24.1 Å². The molecule has 2 aliphatic rings. The topological polar surface area (TPSA) is 169 Å². The molecule has 196 valence electrons. The van der Waals surface area contributed by atoms with E-state index in [9.17, 15) is 19.2 Å². The Morgan fingerprint density at radius 3 is 1.97 bits per heavy atom. The number of piperazine rings is 2. The molecule has 0 radical (unpaired) electrons. The Hall–Kier alpha value is -2.86. The van der Waals surface area contributed by atoms with Gasteiger partial charge in [-0.05, 0) is 33.6 Å². The number of nitrogens with zero attached hydrogens (tertiary/aromatic N) is 2. The number of nitrogens with one attached hydrogen (secondary N) is 2. The molecule has 0 aromatic rings. The molecule has 0 aliphatic carbocycles. The minimum Gasteiger partial charge on any atom is -0.478 e. The molecule has 0 saturated carbocycles. The summed E-state index contributed by atoms with van der Waals surface area (Å²) in [6.45, 7) is 14.4. The number of hydrogen-bond donors (Lipinski definition) is 5. The van der Waals surface area contributed by atoms with Crippen molar-refractivity contribution in [2.75, 3.05) is 39.3 Å². The summed E-state index contributed by atoms with van der Waals surface area (Å²) in [5.74, 6) is -2.51. The monoisotopic (exact) mass is 488 g/mol. The molecule has 2 unspecified atom stereocenters. The SMILES string of the molecule is CCC1CN(C(=O)OC(C)(C)C)CCN1.CCC1CNCCN1C(=O)O.O=C(O)C=CC(=O)O. The molecule has 2 rings (SSSR count). The molecule has 2 aliphatic heterocycles. The van der Waals surface area contributed by atoms with Crippen molar-refractivity contribution in [1.82, 2.24) is 20.4 Å². The molecule has 12 nitrogen and oxygen atoms in total. The maximum atomic E-state index is 11.8. The van der Waals surface area contributed by atoms with Gasteiger partial charge in [-0.2, -0.15) is 0 Å². The van der Waals surface area contributed by atoms with E-state index in [4.69, 9.17) is 20.1 Å². The third kappa shape index (κ3) is 14.3. The zero-order valence-corrected chi connectivity index (χ0v) is 20.7. The second-order valence-corrected chi connectivity index (χ2v) is 8.74. The van der Waals surface area contributed by atoms with Crippen LogP contribution in [0.4, 0.5) is 9.59 Å². The van der Waals surface area contributed by atoms with Crippen LogP contribution in [0.1, 0.15) is 47.5 Å². The molecule has 0 bridgehead atoms. The summed E-state index contributed by atoms with van der Waals surface area (Å²) in [7, 11) is 0. The first-order valence-electron chi connectivity index (χ1n) is 11.4. The van der Waals surface area contributed by atoms with Crippen LogP contribution in [-0.4, -0.2) is 106 Å². The number of hydrogen-bond acceptors (Lipinski definition) is 7. The molecular formula is C22H40N4O8. The van der Waals surface area contributed by atoms with Crippen molar-refractivity contribution in [3.63, 3.8) is 0 Å². The van der Waals surface area contributed by atoms with Crippen LogP contribution in [0.15, 0.2) is 12.2 Å². The van der Waals surface area contributed by atoms with Crippen molar-refractivity contribution < 1.29 is 39.2 Å². The summed E-state index contributed by atoms with van der Waals surface area (Å²) in [6, 6.07) is 0.576. The standard InChI is InChI=1S/C11H22N2O2.C7H14N2O2.C4H4O4/c1-5-9-8-13(7-6-12-9)10(14)15-11(2,3)4;1-2-6-5-8-3-4-9(6)7(10)11;5-3(6)1-2-4(7)8/h9,12H,5-8H2,1-4H3;6,8H,2-5H2,1H3,(H,10,11);1-2H,(H,5,6)(H,7,8). The lowest BCUT2D eigenvalue weighted by molar-refractivity contribution is -0.134. The molecule has 0 spiro atoms. The first-order valence-corrected chi connectivity index (χ1v) is 11.4. The van der Waals surface area contributed by atoms with Crippen LogP contribution in [-0.2, 0) is 14.3 Å². The van der Waals surface area contributed by atoms with Gasteiger partial charge in [0, 0.05) is 63.5 Å². The molecule has 0 aromatic carbocycles. The minimum absolute atomic E-state index is 0.168. The van der Waals surface area contributed by atoms with Crippen molar-refractivity contribution in [3.8, 4) is 0 Å². The highest BCUT2D eigenvalue weighted by Crippen LogP contribution is 2.12. The van der Waals surface area contributed by atoms with E-state index >= 15 is 0 Å². The van der Waals surface area contributed by atoms with Crippen LogP contribution in [0, 0.1) is 0 Å². The van der Waals surface area contributed by atoms with Crippen LogP contribution in [0.2, 0.25) is 0 Å². The van der Waals surface area contributed by atoms with Gasteiger partial charge in [0.15, 0.2) is 0 Å². The molecule has 2 saturated heterocycles. The fraction of sp³-hybridized carbons (Fsp3) is 0.727. The lowest BCUT2D eigenvalue weighted by atomic mass is 10.1. The van der Waals surface area contributed by atoms with Crippen LogP contribution in [0.5, 0.6) is 0 Å². The molecule has 12 heteroatoms. The predicted octanol–water partition coefficient (Wildman–Crippen LogP) is 1.67. The molecule has 2 amide bonds. The van der Waals surface area contributed by atoms with Gasteiger partial charge in [0.1, 0.15) is 5.60 Å². The Morgan fingerprint density at radius 1 is 0.971 bits per heavy atom. The highest BCUT2D eigenvalue weighted by molar-refractivity contribution is 5.89. The number of amides is 2. The second kappa shape index (κ2) is 15.9. The van der Waals surface area contributed by atoms with Gasteiger partial charge in [0.05, 0.1) is 0 Å². The number of ether oxygens (including phenoxy) is 1. The van der Waals surface area contributed by atoms with E-state index in [1.165, 1.54) is 4.90 Å². The van der Waals surface area contributed by atoms with Crippen LogP contribution in [0.3, 0.4) is 0 Å². The second-order valence-electron chi connectivity index (χ2n) is 8.74. The number of carboxylic acids is 2. The molecule has 2 atom stereocenters. The first-order chi connectivity index (χ1) is 15.8. The molecule has 0 aromatic heterocycles. The largest absolute Gasteiger partial charge is 0.478 e. The predicted molar refractivity (Wildman–Crippen MR) is 126 cm³/mol. The quantitative estimate of drug-likeness (QED) is 0.367. The summed E-state index contributed by atoms with van der Waals surface area (Å²) >= 11 is 0. The minimum atomic E-state index is -1.26. The summed E-state index contributed by atoms with van der Waals surface area (Å²) in [4.78, 5) is 44.8. The lowest BCUT2D eigenvalue weighted by Gasteiger charge is -2.34. The normalized spacial score (nSPS) is 20.4. The number of carbonyl (C=O) groups is 4. The molecule has 2 heterocycles. The lowest BCUT2D eigenvalue weighted by Crippen LogP contribution is -2.53. The van der Waals surface area contributed by atoms with Crippen molar-refractivity contribution in [1.29, 1.82) is 0 Å². The van der Waals surface area contributed by atoms with E-state index in [2.05, 4.69) is 17.6 Å². The Kier molecular flexibility index (Phi) is 14.5. The third-order valence-electron chi connectivity index (χ3n) is 4.84. The number of carbonyl (C=O) groups excluding carboxylic acids is 1. The average molecular weight is 489 g/mol. The average Bonchev–Trinajstić information content (AvgIpc) is 2.77. The van der Waals surface area contributed by atoms with E-state index in [0.29, 0.717) is 24.7 Å². The van der Waals surface area contributed by atoms with Gasteiger partial charge < -0.3 is 40.5 Å². The van der Waals surface area contributed by atoms with Gasteiger partial charge in [-0.25, -0.2) is 19.2 Å².